The fourth-order valence-electron chi connectivity index (χ4n) is 2.73. The van der Waals surface area contributed by atoms with Gasteiger partial charge in [0.2, 0.25) is 0 Å². The lowest BCUT2D eigenvalue weighted by molar-refractivity contribution is 0.418. The van der Waals surface area contributed by atoms with Crippen LogP contribution in [0.5, 0.6) is 0 Å². The van der Waals surface area contributed by atoms with E-state index in [1.807, 2.05) is 0 Å². The molecule has 1 heterocycles. The van der Waals surface area contributed by atoms with Gasteiger partial charge in [-0.15, -0.1) is 0 Å². The minimum absolute atomic E-state index is 0.730. The fourth-order valence-corrected chi connectivity index (χ4v) is 2.73. The molecule has 1 aromatic rings. The van der Waals surface area contributed by atoms with E-state index in [1.165, 1.54) is 30.6 Å². The van der Waals surface area contributed by atoms with Crippen LogP contribution < -0.4 is 10.2 Å². The summed E-state index contributed by atoms with van der Waals surface area (Å²) in [4.78, 5) is 2.55. The van der Waals surface area contributed by atoms with E-state index in [-0.39, 0.29) is 0 Å². The number of nitrogens with zero attached hydrogens (tertiary/aromatic N) is 1. The zero-order valence-corrected chi connectivity index (χ0v) is 9.95. The average molecular weight is 216 g/mol. The van der Waals surface area contributed by atoms with Crippen LogP contribution in [-0.4, -0.2) is 25.7 Å². The molecule has 86 valence electrons. The lowest BCUT2D eigenvalue weighted by Crippen LogP contribution is -2.51. The van der Waals surface area contributed by atoms with E-state index in [9.17, 15) is 0 Å². The van der Waals surface area contributed by atoms with E-state index < -0.39 is 0 Å². The van der Waals surface area contributed by atoms with E-state index in [2.05, 4.69) is 41.4 Å². The van der Waals surface area contributed by atoms with E-state index in [4.69, 9.17) is 0 Å². The molecular weight excluding hydrogens is 196 g/mol. The van der Waals surface area contributed by atoms with E-state index in [0.29, 0.717) is 0 Å². The Balaban J connectivity index is 1.76. The Labute approximate surface area is 97.6 Å². The van der Waals surface area contributed by atoms with Crippen LogP contribution >= 0.6 is 0 Å². The van der Waals surface area contributed by atoms with Gasteiger partial charge in [0.1, 0.15) is 0 Å². The molecule has 2 heteroatoms. The van der Waals surface area contributed by atoms with Gasteiger partial charge in [0.05, 0.1) is 0 Å². The van der Waals surface area contributed by atoms with Crippen LogP contribution in [0.3, 0.4) is 0 Å². The van der Waals surface area contributed by atoms with Crippen molar-refractivity contribution in [3.05, 3.63) is 29.8 Å². The summed E-state index contributed by atoms with van der Waals surface area (Å²) in [7, 11) is 0. The summed E-state index contributed by atoms with van der Waals surface area (Å²) in [6.45, 7) is 5.68. The minimum Gasteiger partial charge on any atom is -0.368 e. The van der Waals surface area contributed by atoms with E-state index in [1.54, 1.807) is 0 Å². The van der Waals surface area contributed by atoms with Crippen molar-refractivity contribution in [1.29, 1.82) is 0 Å². The van der Waals surface area contributed by atoms with Gasteiger partial charge in [-0.2, -0.15) is 0 Å². The van der Waals surface area contributed by atoms with Gasteiger partial charge in [-0.05, 0) is 37.3 Å². The Kier molecular flexibility index (Phi) is 2.60. The third kappa shape index (κ3) is 1.94. The van der Waals surface area contributed by atoms with Crippen LogP contribution in [-0.2, 0) is 0 Å². The number of piperazine rings is 1. The highest BCUT2D eigenvalue weighted by Crippen LogP contribution is 2.34. The van der Waals surface area contributed by atoms with Crippen LogP contribution in [0.2, 0.25) is 0 Å². The molecule has 1 saturated carbocycles. The second-order valence-corrected chi connectivity index (χ2v) is 5.13. The summed E-state index contributed by atoms with van der Waals surface area (Å²) in [6.07, 6.45) is 2.86. The first-order chi connectivity index (χ1) is 7.84. The van der Waals surface area contributed by atoms with Crippen molar-refractivity contribution in [2.45, 2.75) is 25.8 Å². The highest BCUT2D eigenvalue weighted by atomic mass is 15.2. The predicted molar refractivity (Wildman–Crippen MR) is 67.9 cm³/mol. The molecule has 1 atom stereocenters. The molecule has 1 aliphatic carbocycles. The number of hydrogen-bond acceptors (Lipinski definition) is 2. The normalized spacial score (nSPS) is 25.8. The summed E-state index contributed by atoms with van der Waals surface area (Å²) in [5.74, 6) is 0.951. The summed E-state index contributed by atoms with van der Waals surface area (Å²) in [5.41, 5.74) is 2.83. The summed E-state index contributed by atoms with van der Waals surface area (Å²) < 4.78 is 0. The molecule has 16 heavy (non-hydrogen) atoms. The van der Waals surface area contributed by atoms with Crippen LogP contribution in [0.4, 0.5) is 5.69 Å². The molecule has 1 aromatic carbocycles. The first kappa shape index (κ1) is 10.2. The molecular formula is C14H20N2. The van der Waals surface area contributed by atoms with Crippen molar-refractivity contribution < 1.29 is 0 Å². The van der Waals surface area contributed by atoms with Crippen molar-refractivity contribution in [2.75, 3.05) is 24.5 Å². The van der Waals surface area contributed by atoms with Gasteiger partial charge in [-0.3, -0.25) is 0 Å². The van der Waals surface area contributed by atoms with Gasteiger partial charge in [0, 0.05) is 31.4 Å². The molecule has 2 nitrogen and oxygen atoms in total. The third-order valence-electron chi connectivity index (χ3n) is 3.85. The Morgan fingerprint density at radius 1 is 1.25 bits per heavy atom. The van der Waals surface area contributed by atoms with Gasteiger partial charge in [-0.25, -0.2) is 0 Å². The van der Waals surface area contributed by atoms with Gasteiger partial charge >= 0.3 is 0 Å². The molecule has 2 aliphatic rings. The zero-order chi connectivity index (χ0) is 11.0. The summed E-state index contributed by atoms with van der Waals surface area (Å²) in [6, 6.07) is 9.47. The number of hydrogen-bond donors (Lipinski definition) is 1. The number of aryl methyl sites for hydroxylation is 1. The molecule has 0 bridgehead atoms. The molecule has 0 aromatic heterocycles. The number of anilines is 1. The van der Waals surface area contributed by atoms with Gasteiger partial charge in [-0.1, -0.05) is 18.2 Å². The van der Waals surface area contributed by atoms with Crippen LogP contribution in [0.25, 0.3) is 0 Å². The lowest BCUT2D eigenvalue weighted by Gasteiger charge is -2.36. The SMILES string of the molecule is Cc1ccccc1N1CCNC(C2CC2)C1. The number of benzene rings is 1. The van der Waals surface area contributed by atoms with E-state index in [0.717, 1.165) is 25.0 Å². The molecule has 2 fully saturated rings. The second kappa shape index (κ2) is 4.10. The largest absolute Gasteiger partial charge is 0.368 e. The number of nitrogens with one attached hydrogen (secondary N) is 1. The predicted octanol–water partition coefficient (Wildman–Crippen LogP) is 2.18. The van der Waals surface area contributed by atoms with Gasteiger partial charge < -0.3 is 10.2 Å². The Hall–Kier alpha value is -1.02. The fraction of sp³-hybridized carbons (Fsp3) is 0.571. The maximum atomic E-state index is 3.66. The van der Waals surface area contributed by atoms with Gasteiger partial charge in [0.25, 0.3) is 0 Å². The number of para-hydroxylation sites is 1. The van der Waals surface area contributed by atoms with Crippen molar-refractivity contribution in [3.8, 4) is 0 Å². The maximum absolute atomic E-state index is 3.66. The first-order valence-electron chi connectivity index (χ1n) is 6.38. The van der Waals surface area contributed by atoms with E-state index >= 15 is 0 Å². The molecule has 1 saturated heterocycles. The topological polar surface area (TPSA) is 15.3 Å². The number of rotatable bonds is 2. The lowest BCUT2D eigenvalue weighted by atomic mass is 10.1. The molecule has 1 N–H and O–H groups in total. The molecule has 1 aliphatic heterocycles. The smallest absolute Gasteiger partial charge is 0.0396 e. The average Bonchev–Trinajstić information content (AvgIpc) is 3.14. The van der Waals surface area contributed by atoms with Crippen LogP contribution in [0.15, 0.2) is 24.3 Å². The third-order valence-corrected chi connectivity index (χ3v) is 3.85. The van der Waals surface area contributed by atoms with Crippen LogP contribution in [0.1, 0.15) is 18.4 Å². The molecule has 0 spiro atoms. The van der Waals surface area contributed by atoms with Gasteiger partial charge in [0.15, 0.2) is 0 Å². The van der Waals surface area contributed by atoms with Crippen LogP contribution in [0, 0.1) is 12.8 Å². The van der Waals surface area contributed by atoms with Crippen molar-refractivity contribution >= 4 is 5.69 Å². The van der Waals surface area contributed by atoms with Crippen molar-refractivity contribution in [1.82, 2.24) is 5.32 Å². The molecule has 0 amide bonds. The quantitative estimate of drug-likeness (QED) is 0.815. The highest BCUT2D eigenvalue weighted by Gasteiger charge is 2.34. The Bertz CT molecular complexity index is 371. The summed E-state index contributed by atoms with van der Waals surface area (Å²) in [5, 5.41) is 3.66. The highest BCUT2D eigenvalue weighted by molar-refractivity contribution is 5.53. The molecule has 1 unspecified atom stereocenters. The molecule has 3 rings (SSSR count). The summed E-state index contributed by atoms with van der Waals surface area (Å²) >= 11 is 0. The Morgan fingerprint density at radius 3 is 2.81 bits per heavy atom. The molecule has 0 radical (unpaired) electrons. The second-order valence-electron chi connectivity index (χ2n) is 5.13. The zero-order valence-electron chi connectivity index (χ0n) is 9.95. The Morgan fingerprint density at radius 2 is 2.06 bits per heavy atom. The monoisotopic (exact) mass is 216 g/mol. The first-order valence-corrected chi connectivity index (χ1v) is 6.38. The maximum Gasteiger partial charge on any atom is 0.0396 e. The van der Waals surface area contributed by atoms with Crippen molar-refractivity contribution in [2.24, 2.45) is 5.92 Å². The minimum atomic E-state index is 0.730. The standard InChI is InChI=1S/C14H20N2/c1-11-4-2-3-5-14(11)16-9-8-15-13(10-16)12-6-7-12/h2-5,12-13,15H,6-10H2,1H3. The van der Waals surface area contributed by atoms with Crippen molar-refractivity contribution in [3.63, 3.8) is 0 Å².